The molecule has 0 atom stereocenters. The van der Waals surface area contributed by atoms with Crippen LogP contribution in [0.5, 0.6) is 5.75 Å². The van der Waals surface area contributed by atoms with Crippen molar-refractivity contribution in [1.29, 1.82) is 0 Å². The highest BCUT2D eigenvalue weighted by Gasteiger charge is 2.27. The summed E-state index contributed by atoms with van der Waals surface area (Å²) < 4.78 is 6.90. The second-order valence-corrected chi connectivity index (χ2v) is 8.83. The van der Waals surface area contributed by atoms with Gasteiger partial charge in [0.05, 0.1) is 19.4 Å². The molecular weight excluding hydrogens is 398 g/mol. The molecule has 3 rings (SSSR count). The van der Waals surface area contributed by atoms with Gasteiger partial charge in [-0.25, -0.2) is 4.68 Å². The largest absolute Gasteiger partial charge is 0.497 e. The van der Waals surface area contributed by atoms with Crippen molar-refractivity contribution < 1.29 is 9.53 Å². The van der Waals surface area contributed by atoms with E-state index < -0.39 is 0 Å². The van der Waals surface area contributed by atoms with E-state index in [2.05, 4.69) is 15.5 Å². The lowest BCUT2D eigenvalue weighted by Gasteiger charge is -2.36. The molecule has 0 aliphatic heterocycles. The van der Waals surface area contributed by atoms with Crippen LogP contribution in [0.25, 0.3) is 0 Å². The molecule has 0 aliphatic rings. The Morgan fingerprint density at radius 1 is 1.07 bits per heavy atom. The predicted octanol–water partition coefficient (Wildman–Crippen LogP) is 3.65. The summed E-state index contributed by atoms with van der Waals surface area (Å²) in [5, 5.41) is 12.6. The smallest absolute Gasteiger partial charge is 0.233 e. The van der Waals surface area contributed by atoms with Gasteiger partial charge in [0.1, 0.15) is 5.75 Å². The quantitative estimate of drug-likeness (QED) is 0.513. The number of tetrazole rings is 1. The minimum atomic E-state index is -0.289. The van der Waals surface area contributed by atoms with Gasteiger partial charge in [0.2, 0.25) is 11.1 Å². The van der Waals surface area contributed by atoms with Crippen molar-refractivity contribution >= 4 is 17.7 Å². The molecule has 0 spiro atoms. The Labute approximate surface area is 181 Å². The standard InChI is InChI=1S/C22H27N5O2S/c1-22(2,3)26(14-17-8-6-5-7-9-17)20(28)16-30-21-23-24-25-27(21)15-18-10-12-19(29-4)13-11-18/h5-13H,14-16H2,1-4H3. The van der Waals surface area contributed by atoms with Crippen molar-refractivity contribution in [3.8, 4) is 5.75 Å². The Bertz CT molecular complexity index is 952. The van der Waals surface area contributed by atoms with Crippen LogP contribution in [0.3, 0.4) is 0 Å². The molecule has 30 heavy (non-hydrogen) atoms. The molecule has 2 aromatic carbocycles. The summed E-state index contributed by atoms with van der Waals surface area (Å²) in [7, 11) is 1.64. The van der Waals surface area contributed by atoms with Crippen LogP contribution in [0.15, 0.2) is 59.8 Å². The Balaban J connectivity index is 1.65. The molecule has 0 fully saturated rings. The van der Waals surface area contributed by atoms with E-state index in [1.54, 1.807) is 11.8 Å². The number of rotatable bonds is 8. The highest BCUT2D eigenvalue weighted by Crippen LogP contribution is 2.22. The molecule has 1 aromatic heterocycles. The lowest BCUT2D eigenvalue weighted by atomic mass is 10.0. The Kier molecular flexibility index (Phi) is 7.10. The molecule has 158 valence electrons. The summed E-state index contributed by atoms with van der Waals surface area (Å²) in [5.41, 5.74) is 1.87. The molecule has 0 aliphatic carbocycles. The van der Waals surface area contributed by atoms with E-state index in [0.717, 1.165) is 16.9 Å². The van der Waals surface area contributed by atoms with Crippen LogP contribution in [0.4, 0.5) is 0 Å². The van der Waals surface area contributed by atoms with Gasteiger partial charge in [-0.1, -0.05) is 54.2 Å². The number of carbonyl (C=O) groups is 1. The zero-order chi connectivity index (χ0) is 21.6. The van der Waals surface area contributed by atoms with Crippen LogP contribution in [0, 0.1) is 0 Å². The fourth-order valence-corrected chi connectivity index (χ4v) is 3.73. The van der Waals surface area contributed by atoms with Crippen molar-refractivity contribution in [2.75, 3.05) is 12.9 Å². The first kappa shape index (κ1) is 21.8. The van der Waals surface area contributed by atoms with Gasteiger partial charge in [-0.05, 0) is 54.5 Å². The Morgan fingerprint density at radius 2 is 1.77 bits per heavy atom. The summed E-state index contributed by atoms with van der Waals surface area (Å²) in [6.45, 7) is 7.24. The summed E-state index contributed by atoms with van der Waals surface area (Å²) >= 11 is 1.35. The SMILES string of the molecule is COc1ccc(Cn2nnnc2SCC(=O)N(Cc2ccccc2)C(C)(C)C)cc1. The van der Waals surface area contributed by atoms with E-state index in [-0.39, 0.29) is 17.2 Å². The molecule has 7 nitrogen and oxygen atoms in total. The number of hydrogen-bond acceptors (Lipinski definition) is 6. The minimum Gasteiger partial charge on any atom is -0.497 e. The van der Waals surface area contributed by atoms with Gasteiger partial charge < -0.3 is 9.64 Å². The van der Waals surface area contributed by atoms with E-state index in [0.29, 0.717) is 18.2 Å². The van der Waals surface area contributed by atoms with Crippen molar-refractivity contribution in [3.05, 3.63) is 65.7 Å². The van der Waals surface area contributed by atoms with Crippen molar-refractivity contribution in [2.24, 2.45) is 0 Å². The Hall–Kier alpha value is -2.87. The number of hydrogen-bond donors (Lipinski definition) is 0. The van der Waals surface area contributed by atoms with Gasteiger partial charge in [0.25, 0.3) is 0 Å². The van der Waals surface area contributed by atoms with Gasteiger partial charge in [-0.2, -0.15) is 0 Å². The van der Waals surface area contributed by atoms with Gasteiger partial charge in [-0.3, -0.25) is 4.79 Å². The Morgan fingerprint density at radius 3 is 2.40 bits per heavy atom. The fourth-order valence-electron chi connectivity index (χ4n) is 2.97. The summed E-state index contributed by atoms with van der Waals surface area (Å²) in [4.78, 5) is 14.9. The van der Waals surface area contributed by atoms with E-state index in [1.165, 1.54) is 11.8 Å². The van der Waals surface area contributed by atoms with E-state index in [4.69, 9.17) is 4.74 Å². The maximum absolute atomic E-state index is 13.0. The van der Waals surface area contributed by atoms with Crippen LogP contribution in [-0.4, -0.2) is 49.4 Å². The van der Waals surface area contributed by atoms with Crippen LogP contribution >= 0.6 is 11.8 Å². The molecule has 1 amide bonds. The monoisotopic (exact) mass is 425 g/mol. The zero-order valence-electron chi connectivity index (χ0n) is 17.8. The maximum Gasteiger partial charge on any atom is 0.233 e. The first-order chi connectivity index (χ1) is 14.4. The molecule has 8 heteroatoms. The average molecular weight is 426 g/mol. The lowest BCUT2D eigenvalue weighted by Crippen LogP contribution is -2.45. The van der Waals surface area contributed by atoms with E-state index >= 15 is 0 Å². The number of amides is 1. The average Bonchev–Trinajstić information content (AvgIpc) is 3.17. The molecular formula is C22H27N5O2S. The molecule has 1 heterocycles. The molecule has 0 unspecified atom stereocenters. The lowest BCUT2D eigenvalue weighted by molar-refractivity contribution is -0.133. The third-order valence-electron chi connectivity index (χ3n) is 4.61. The van der Waals surface area contributed by atoms with Crippen LogP contribution in [-0.2, 0) is 17.9 Å². The zero-order valence-corrected chi connectivity index (χ0v) is 18.6. The number of nitrogens with zero attached hydrogens (tertiary/aromatic N) is 5. The van der Waals surface area contributed by atoms with Gasteiger partial charge >= 0.3 is 0 Å². The van der Waals surface area contributed by atoms with Crippen LogP contribution in [0.1, 0.15) is 31.9 Å². The first-order valence-corrected chi connectivity index (χ1v) is 10.7. The van der Waals surface area contributed by atoms with Crippen molar-refractivity contribution in [1.82, 2.24) is 25.1 Å². The minimum absolute atomic E-state index is 0.0513. The molecule has 0 N–H and O–H groups in total. The van der Waals surface area contributed by atoms with Crippen LogP contribution in [0.2, 0.25) is 0 Å². The number of ether oxygens (including phenoxy) is 1. The fraction of sp³-hybridized carbons (Fsp3) is 0.364. The molecule has 0 saturated carbocycles. The van der Waals surface area contributed by atoms with Crippen molar-refractivity contribution in [3.63, 3.8) is 0 Å². The second kappa shape index (κ2) is 9.75. The van der Waals surface area contributed by atoms with E-state index in [9.17, 15) is 4.79 Å². The third-order valence-corrected chi connectivity index (χ3v) is 5.55. The predicted molar refractivity (Wildman–Crippen MR) is 117 cm³/mol. The molecule has 0 bridgehead atoms. The van der Waals surface area contributed by atoms with Gasteiger partial charge in [0.15, 0.2) is 0 Å². The molecule has 0 saturated heterocycles. The number of methoxy groups -OCH3 is 1. The summed E-state index contributed by atoms with van der Waals surface area (Å²) in [6.07, 6.45) is 0. The van der Waals surface area contributed by atoms with Crippen LogP contribution < -0.4 is 4.74 Å². The highest BCUT2D eigenvalue weighted by atomic mass is 32.2. The normalized spacial score (nSPS) is 11.3. The van der Waals surface area contributed by atoms with Gasteiger partial charge in [0, 0.05) is 12.1 Å². The first-order valence-electron chi connectivity index (χ1n) is 9.73. The second-order valence-electron chi connectivity index (χ2n) is 7.89. The summed E-state index contributed by atoms with van der Waals surface area (Å²) in [6, 6.07) is 17.8. The summed E-state index contributed by atoms with van der Waals surface area (Å²) in [5.74, 6) is 1.12. The number of thioether (sulfide) groups is 1. The van der Waals surface area contributed by atoms with E-state index in [1.807, 2.05) is 80.3 Å². The maximum atomic E-state index is 13.0. The number of carbonyl (C=O) groups excluding carboxylic acids is 1. The molecule has 3 aromatic rings. The van der Waals surface area contributed by atoms with Crippen molar-refractivity contribution in [2.45, 2.75) is 44.6 Å². The topological polar surface area (TPSA) is 73.1 Å². The molecule has 0 radical (unpaired) electrons. The van der Waals surface area contributed by atoms with Gasteiger partial charge in [-0.15, -0.1) is 5.10 Å². The third kappa shape index (κ3) is 5.82. The highest BCUT2D eigenvalue weighted by molar-refractivity contribution is 7.99. The number of aromatic nitrogens is 4. The number of benzene rings is 2.